The van der Waals surface area contributed by atoms with Gasteiger partial charge >= 0.3 is 6.18 Å². The first kappa shape index (κ1) is 18.7. The van der Waals surface area contributed by atoms with Crippen LogP contribution in [0.1, 0.15) is 37.1 Å². The standard InChI is InChI=1S/C20H19F3N4O/c1-12-4-6-13(7-5-12)17-24-18(28-26-17)16-14-8-9-19(2,3)10-15(14)27(25-16)11-20(21,22)23/h1,4-7H,8-11H2,2-3H3. The maximum Gasteiger partial charge on any atom is 0.408 e. The lowest BCUT2D eigenvalue weighted by molar-refractivity contribution is -0.143. The number of fused-ring (bicyclic) bond motifs is 1. The zero-order valence-corrected chi connectivity index (χ0v) is 15.5. The second-order valence-corrected chi connectivity index (χ2v) is 7.93. The molecule has 5 nitrogen and oxygen atoms in total. The summed E-state index contributed by atoms with van der Waals surface area (Å²) in [5.41, 5.74) is 2.91. The summed E-state index contributed by atoms with van der Waals surface area (Å²) >= 11 is 0. The molecule has 2 aromatic heterocycles. The molecule has 1 aromatic carbocycles. The van der Waals surface area contributed by atoms with Crippen LogP contribution in [0.5, 0.6) is 0 Å². The average Bonchev–Trinajstić information content (AvgIpc) is 3.19. The van der Waals surface area contributed by atoms with Gasteiger partial charge in [-0.3, -0.25) is 4.68 Å². The van der Waals surface area contributed by atoms with Crippen molar-refractivity contribution in [2.75, 3.05) is 0 Å². The Morgan fingerprint density at radius 3 is 2.61 bits per heavy atom. The van der Waals surface area contributed by atoms with Gasteiger partial charge in [0.1, 0.15) is 6.54 Å². The van der Waals surface area contributed by atoms with Crippen molar-refractivity contribution in [2.45, 2.75) is 45.8 Å². The van der Waals surface area contributed by atoms with Gasteiger partial charge in [0.2, 0.25) is 5.82 Å². The maximum absolute atomic E-state index is 13.1. The second-order valence-electron chi connectivity index (χ2n) is 7.93. The van der Waals surface area contributed by atoms with E-state index in [0.717, 1.165) is 16.7 Å². The number of alkyl halides is 3. The van der Waals surface area contributed by atoms with Crippen LogP contribution in [0, 0.1) is 12.3 Å². The quantitative estimate of drug-likeness (QED) is 0.651. The van der Waals surface area contributed by atoms with Crippen molar-refractivity contribution in [3.8, 4) is 23.0 Å². The lowest BCUT2D eigenvalue weighted by atomic mass is 9.76. The molecule has 4 rings (SSSR count). The largest absolute Gasteiger partial charge is 0.408 e. The van der Waals surface area contributed by atoms with Crippen LogP contribution in [0.15, 0.2) is 28.8 Å². The molecule has 0 saturated carbocycles. The third kappa shape index (κ3) is 3.68. The van der Waals surface area contributed by atoms with E-state index in [1.54, 1.807) is 24.3 Å². The third-order valence-electron chi connectivity index (χ3n) is 4.99. The minimum absolute atomic E-state index is 0.0857. The Balaban J connectivity index is 1.75. The van der Waals surface area contributed by atoms with Gasteiger partial charge < -0.3 is 4.52 Å². The van der Waals surface area contributed by atoms with Gasteiger partial charge in [-0.2, -0.15) is 23.3 Å². The van der Waals surface area contributed by atoms with Crippen LogP contribution in [0.25, 0.3) is 23.0 Å². The summed E-state index contributed by atoms with van der Waals surface area (Å²) in [5, 5.41) is 8.17. The van der Waals surface area contributed by atoms with Crippen molar-refractivity contribution in [1.82, 2.24) is 19.9 Å². The first-order valence-corrected chi connectivity index (χ1v) is 8.97. The molecule has 0 spiro atoms. The number of hydrogen-bond donors (Lipinski definition) is 0. The van der Waals surface area contributed by atoms with Crippen LogP contribution in [0.3, 0.4) is 0 Å². The number of nitrogens with zero attached hydrogens (tertiary/aromatic N) is 4. The number of benzene rings is 1. The Morgan fingerprint density at radius 1 is 1.21 bits per heavy atom. The average molecular weight is 388 g/mol. The summed E-state index contributed by atoms with van der Waals surface area (Å²) in [7, 11) is 0. The number of rotatable bonds is 3. The summed E-state index contributed by atoms with van der Waals surface area (Å²) in [6.45, 7) is 8.65. The van der Waals surface area contributed by atoms with Crippen LogP contribution in [0.4, 0.5) is 13.2 Å². The highest BCUT2D eigenvalue weighted by Gasteiger charge is 2.36. The molecule has 146 valence electrons. The molecule has 0 saturated heterocycles. The molecule has 8 heteroatoms. The Kier molecular flexibility index (Phi) is 4.32. The Labute approximate surface area is 160 Å². The highest BCUT2D eigenvalue weighted by atomic mass is 19.4. The Morgan fingerprint density at radius 2 is 1.93 bits per heavy atom. The van der Waals surface area contributed by atoms with Crippen molar-refractivity contribution < 1.29 is 17.7 Å². The lowest BCUT2D eigenvalue weighted by Gasteiger charge is -2.30. The Bertz CT molecular complexity index is 1000. The van der Waals surface area contributed by atoms with Gasteiger partial charge in [0.15, 0.2) is 5.69 Å². The summed E-state index contributed by atoms with van der Waals surface area (Å²) in [6.07, 6.45) is -2.37. The van der Waals surface area contributed by atoms with E-state index >= 15 is 0 Å². The molecule has 0 bridgehead atoms. The van der Waals surface area contributed by atoms with Crippen LogP contribution in [-0.2, 0) is 19.4 Å². The number of aromatic nitrogens is 4. The fourth-order valence-electron chi connectivity index (χ4n) is 3.54. The molecule has 0 N–H and O–H groups in total. The molecule has 0 amide bonds. The van der Waals surface area contributed by atoms with Gasteiger partial charge in [0.05, 0.1) is 0 Å². The molecule has 2 radical (unpaired) electrons. The molecule has 0 atom stereocenters. The minimum atomic E-state index is -4.36. The normalized spacial score (nSPS) is 16.2. The van der Waals surface area contributed by atoms with Crippen molar-refractivity contribution >= 4 is 0 Å². The van der Waals surface area contributed by atoms with Crippen molar-refractivity contribution in [2.24, 2.45) is 5.41 Å². The summed E-state index contributed by atoms with van der Waals surface area (Å²) in [5.74, 6) is 0.467. The van der Waals surface area contributed by atoms with Gasteiger partial charge in [0, 0.05) is 16.8 Å². The van der Waals surface area contributed by atoms with Gasteiger partial charge in [-0.05, 0) is 37.2 Å². The Hall–Kier alpha value is -2.64. The van der Waals surface area contributed by atoms with E-state index in [9.17, 15) is 13.2 Å². The molecule has 0 fully saturated rings. The minimum Gasteiger partial charge on any atom is -0.332 e. The van der Waals surface area contributed by atoms with E-state index in [-0.39, 0.29) is 11.3 Å². The third-order valence-corrected chi connectivity index (χ3v) is 4.99. The molecule has 3 aromatic rings. The fourth-order valence-corrected chi connectivity index (χ4v) is 3.54. The topological polar surface area (TPSA) is 56.7 Å². The van der Waals surface area contributed by atoms with E-state index < -0.39 is 12.7 Å². The molecular weight excluding hydrogens is 369 g/mol. The van der Waals surface area contributed by atoms with Crippen molar-refractivity contribution in [3.63, 3.8) is 0 Å². The highest BCUT2D eigenvalue weighted by molar-refractivity contribution is 5.61. The van der Waals surface area contributed by atoms with Crippen LogP contribution in [0.2, 0.25) is 0 Å². The first-order valence-electron chi connectivity index (χ1n) is 8.97. The van der Waals surface area contributed by atoms with Gasteiger partial charge in [-0.1, -0.05) is 43.3 Å². The van der Waals surface area contributed by atoms with Crippen LogP contribution in [-0.4, -0.2) is 26.1 Å². The summed E-state index contributed by atoms with van der Waals surface area (Å²) in [4.78, 5) is 4.36. The summed E-state index contributed by atoms with van der Waals surface area (Å²) in [6, 6.07) is 6.94. The van der Waals surface area contributed by atoms with E-state index in [2.05, 4.69) is 15.2 Å². The zero-order chi connectivity index (χ0) is 20.1. The van der Waals surface area contributed by atoms with Crippen molar-refractivity contribution in [1.29, 1.82) is 0 Å². The molecule has 0 unspecified atom stereocenters. The van der Waals surface area contributed by atoms with E-state index in [0.29, 0.717) is 41.2 Å². The van der Waals surface area contributed by atoms with E-state index in [1.165, 1.54) is 0 Å². The predicted octanol–water partition coefficient (Wildman–Crippen LogP) is 4.74. The van der Waals surface area contributed by atoms with E-state index in [1.807, 2.05) is 13.8 Å². The SMILES string of the molecule is [CH]c1ccc(-c2noc(-c3nn(CC(F)(F)F)c4c3CCC(C)(C)C4)n2)cc1. The lowest BCUT2D eigenvalue weighted by Crippen LogP contribution is -2.27. The number of hydrogen-bond acceptors (Lipinski definition) is 4. The molecule has 1 aliphatic rings. The fraction of sp³-hybridized carbons (Fsp3) is 0.400. The zero-order valence-electron chi connectivity index (χ0n) is 15.5. The first-order chi connectivity index (χ1) is 13.1. The number of halogens is 3. The molecule has 1 aliphatic carbocycles. The van der Waals surface area contributed by atoms with E-state index in [4.69, 9.17) is 11.4 Å². The van der Waals surface area contributed by atoms with Crippen LogP contribution < -0.4 is 0 Å². The monoisotopic (exact) mass is 388 g/mol. The van der Waals surface area contributed by atoms with Gasteiger partial charge in [-0.25, -0.2) is 0 Å². The molecular formula is C20H19F3N4O. The highest BCUT2D eigenvalue weighted by Crippen LogP contribution is 2.39. The molecule has 0 aliphatic heterocycles. The predicted molar refractivity (Wildman–Crippen MR) is 96.2 cm³/mol. The van der Waals surface area contributed by atoms with Gasteiger partial charge in [0.25, 0.3) is 5.89 Å². The molecule has 28 heavy (non-hydrogen) atoms. The smallest absolute Gasteiger partial charge is 0.332 e. The summed E-state index contributed by atoms with van der Waals surface area (Å²) < 4.78 is 45.5. The van der Waals surface area contributed by atoms with Gasteiger partial charge in [-0.15, -0.1) is 0 Å². The maximum atomic E-state index is 13.1. The van der Waals surface area contributed by atoms with Crippen LogP contribution >= 0.6 is 0 Å². The molecule has 2 heterocycles. The second kappa shape index (κ2) is 6.46. The van der Waals surface area contributed by atoms with Crippen molar-refractivity contribution in [3.05, 3.63) is 48.0 Å².